The number of fused-ring (bicyclic) bond motifs is 1. The zero-order valence-corrected chi connectivity index (χ0v) is 13.6. The van der Waals surface area contributed by atoms with E-state index in [1.807, 2.05) is 0 Å². The predicted octanol–water partition coefficient (Wildman–Crippen LogP) is 5.39. The fourth-order valence-electron chi connectivity index (χ4n) is 2.00. The third-order valence-electron chi connectivity index (χ3n) is 2.94. The number of thioether (sulfide) groups is 1. The molecule has 8 heteroatoms. The number of rotatable bonds is 3. The summed E-state index contributed by atoms with van der Waals surface area (Å²) in [6.45, 7) is 0. The second-order valence-corrected chi connectivity index (χ2v) is 6.81. The molecule has 0 aliphatic carbocycles. The zero-order valence-electron chi connectivity index (χ0n) is 11.2. The SMILES string of the molecule is O=c1oc(-c2ccc(SC(F)(F)Cl)cc2)nc2cccc(Cl)c12. The molecule has 1 heterocycles. The van der Waals surface area contributed by atoms with Crippen molar-refractivity contribution in [1.29, 1.82) is 0 Å². The van der Waals surface area contributed by atoms with Crippen molar-refractivity contribution in [2.45, 2.75) is 9.61 Å². The zero-order chi connectivity index (χ0) is 16.6. The van der Waals surface area contributed by atoms with E-state index in [0.717, 1.165) is 0 Å². The summed E-state index contributed by atoms with van der Waals surface area (Å²) < 4.78 is 27.3. The van der Waals surface area contributed by atoms with Crippen LogP contribution in [0.3, 0.4) is 0 Å². The Bertz CT molecular complexity index is 923. The van der Waals surface area contributed by atoms with Crippen molar-refractivity contribution < 1.29 is 13.2 Å². The first-order valence-electron chi connectivity index (χ1n) is 6.29. The van der Waals surface area contributed by atoms with E-state index >= 15 is 0 Å². The summed E-state index contributed by atoms with van der Waals surface area (Å²) in [5.41, 5.74) is 0.266. The van der Waals surface area contributed by atoms with Crippen LogP contribution in [0.5, 0.6) is 0 Å². The van der Waals surface area contributed by atoms with Crippen molar-refractivity contribution in [3.8, 4) is 11.5 Å². The molecular formula is C15H7Cl2F2NO2S. The van der Waals surface area contributed by atoms with Crippen molar-refractivity contribution in [2.24, 2.45) is 0 Å². The first kappa shape index (κ1) is 16.2. The Morgan fingerprint density at radius 3 is 2.48 bits per heavy atom. The molecular weight excluding hydrogens is 367 g/mol. The van der Waals surface area contributed by atoms with Crippen LogP contribution in [0.15, 0.2) is 56.6 Å². The molecule has 3 aromatic rings. The second-order valence-electron chi connectivity index (χ2n) is 4.51. The largest absolute Gasteiger partial charge is 0.403 e. The lowest BCUT2D eigenvalue weighted by Gasteiger charge is -2.07. The fourth-order valence-corrected chi connectivity index (χ4v) is 3.06. The van der Waals surface area contributed by atoms with Gasteiger partial charge < -0.3 is 4.42 Å². The van der Waals surface area contributed by atoms with Crippen molar-refractivity contribution >= 4 is 45.9 Å². The third-order valence-corrected chi connectivity index (χ3v) is 4.23. The van der Waals surface area contributed by atoms with E-state index in [2.05, 4.69) is 4.98 Å². The molecule has 0 saturated carbocycles. The summed E-state index contributed by atoms with van der Waals surface area (Å²) in [7, 11) is 0. The fraction of sp³-hybridized carbons (Fsp3) is 0.0667. The Labute approximate surface area is 143 Å². The summed E-state index contributed by atoms with van der Waals surface area (Å²) in [4.78, 5) is 16.6. The lowest BCUT2D eigenvalue weighted by molar-refractivity contribution is 0.203. The van der Waals surface area contributed by atoms with Crippen LogP contribution < -0.4 is 5.63 Å². The Kier molecular flexibility index (Phi) is 4.31. The van der Waals surface area contributed by atoms with Gasteiger partial charge in [-0.25, -0.2) is 9.78 Å². The number of benzene rings is 2. The minimum atomic E-state index is -3.38. The van der Waals surface area contributed by atoms with Gasteiger partial charge in [-0.3, -0.25) is 0 Å². The topological polar surface area (TPSA) is 43.1 Å². The van der Waals surface area contributed by atoms with E-state index in [1.54, 1.807) is 18.2 Å². The van der Waals surface area contributed by atoms with Crippen molar-refractivity contribution in [2.75, 3.05) is 0 Å². The van der Waals surface area contributed by atoms with Crippen molar-refractivity contribution in [3.05, 3.63) is 57.9 Å². The van der Waals surface area contributed by atoms with Gasteiger partial charge in [0.1, 0.15) is 5.39 Å². The van der Waals surface area contributed by atoms with Gasteiger partial charge in [0, 0.05) is 10.5 Å². The van der Waals surface area contributed by atoms with Crippen LogP contribution in [0.4, 0.5) is 8.78 Å². The van der Waals surface area contributed by atoms with Gasteiger partial charge in [-0.15, -0.1) is 0 Å². The first-order valence-corrected chi connectivity index (χ1v) is 7.86. The molecule has 118 valence electrons. The van der Waals surface area contributed by atoms with E-state index < -0.39 is 10.3 Å². The van der Waals surface area contributed by atoms with E-state index in [-0.39, 0.29) is 33.0 Å². The first-order chi connectivity index (χ1) is 10.8. The van der Waals surface area contributed by atoms with Gasteiger partial charge >= 0.3 is 10.3 Å². The Morgan fingerprint density at radius 1 is 1.13 bits per heavy atom. The number of aromatic nitrogens is 1. The minimum Gasteiger partial charge on any atom is -0.403 e. The Hall–Kier alpha value is -1.63. The minimum absolute atomic E-state index is 0.0824. The monoisotopic (exact) mass is 373 g/mol. The maximum atomic E-state index is 12.7. The molecule has 1 aromatic heterocycles. The molecule has 0 amide bonds. The summed E-state index contributed by atoms with van der Waals surface area (Å²) >= 11 is 11.0. The highest BCUT2D eigenvalue weighted by molar-refractivity contribution is 8.01. The average molecular weight is 374 g/mol. The molecule has 0 unspecified atom stereocenters. The van der Waals surface area contributed by atoms with E-state index in [0.29, 0.717) is 11.1 Å². The molecule has 3 rings (SSSR count). The van der Waals surface area contributed by atoms with Crippen LogP contribution in [0.1, 0.15) is 0 Å². The van der Waals surface area contributed by atoms with Gasteiger partial charge in [0.25, 0.3) is 0 Å². The Morgan fingerprint density at radius 2 is 1.83 bits per heavy atom. The molecule has 0 aliphatic heterocycles. The molecule has 0 bridgehead atoms. The van der Waals surface area contributed by atoms with Gasteiger partial charge in [-0.05, 0) is 59.8 Å². The van der Waals surface area contributed by atoms with Gasteiger partial charge in [0.2, 0.25) is 5.89 Å². The number of nitrogens with zero attached hydrogens (tertiary/aromatic N) is 1. The predicted molar refractivity (Wildman–Crippen MR) is 87.4 cm³/mol. The van der Waals surface area contributed by atoms with Crippen molar-refractivity contribution in [3.63, 3.8) is 0 Å². The van der Waals surface area contributed by atoms with Crippen LogP contribution in [0, 0.1) is 0 Å². The molecule has 2 aromatic carbocycles. The molecule has 23 heavy (non-hydrogen) atoms. The van der Waals surface area contributed by atoms with Crippen LogP contribution in [-0.2, 0) is 0 Å². The summed E-state index contributed by atoms with van der Waals surface area (Å²) in [6.07, 6.45) is 0. The highest BCUT2D eigenvalue weighted by atomic mass is 35.5. The summed E-state index contributed by atoms with van der Waals surface area (Å²) in [6, 6.07) is 10.8. The van der Waals surface area contributed by atoms with Gasteiger partial charge in [-0.2, -0.15) is 8.78 Å². The number of hydrogen-bond acceptors (Lipinski definition) is 4. The average Bonchev–Trinajstić information content (AvgIpc) is 2.46. The molecule has 0 aliphatic rings. The Balaban J connectivity index is 2.02. The summed E-state index contributed by atoms with van der Waals surface area (Å²) in [5, 5.41) is 0.457. The lowest BCUT2D eigenvalue weighted by atomic mass is 10.2. The van der Waals surface area contributed by atoms with Gasteiger partial charge in [0.05, 0.1) is 10.5 Å². The highest BCUT2D eigenvalue weighted by Gasteiger charge is 2.26. The lowest BCUT2D eigenvalue weighted by Crippen LogP contribution is -2.03. The molecule has 0 fully saturated rings. The van der Waals surface area contributed by atoms with E-state index in [4.69, 9.17) is 27.6 Å². The van der Waals surface area contributed by atoms with E-state index in [9.17, 15) is 13.6 Å². The smallest absolute Gasteiger partial charge is 0.375 e. The highest BCUT2D eigenvalue weighted by Crippen LogP contribution is 2.39. The molecule has 0 radical (unpaired) electrons. The number of halogens is 4. The van der Waals surface area contributed by atoms with E-state index in [1.165, 1.54) is 24.3 Å². The van der Waals surface area contributed by atoms with Crippen LogP contribution in [0.25, 0.3) is 22.4 Å². The molecule has 3 nitrogen and oxygen atoms in total. The molecule has 0 spiro atoms. The van der Waals surface area contributed by atoms with Crippen LogP contribution in [-0.4, -0.2) is 9.70 Å². The molecule has 0 saturated heterocycles. The van der Waals surface area contributed by atoms with Crippen molar-refractivity contribution in [1.82, 2.24) is 4.98 Å². The third kappa shape index (κ3) is 3.65. The van der Waals surface area contributed by atoms with Gasteiger partial charge in [0.15, 0.2) is 0 Å². The molecule has 0 atom stereocenters. The standard InChI is InChI=1S/C15H7Cl2F2NO2S/c16-10-2-1-3-11-12(10)14(21)22-13(20-11)8-4-6-9(7-5-8)23-15(17,18)19/h1-7H. The normalized spacial score (nSPS) is 11.8. The van der Waals surface area contributed by atoms with Crippen LogP contribution >= 0.6 is 35.0 Å². The summed E-state index contributed by atoms with van der Waals surface area (Å²) in [5.74, 6) is 0.0824. The second kappa shape index (κ2) is 6.11. The van der Waals surface area contributed by atoms with Gasteiger partial charge in [-0.1, -0.05) is 17.7 Å². The maximum absolute atomic E-state index is 12.7. The maximum Gasteiger partial charge on any atom is 0.375 e. The molecule has 0 N–H and O–H groups in total. The number of alkyl halides is 3. The quantitative estimate of drug-likeness (QED) is 0.456. The van der Waals surface area contributed by atoms with Crippen LogP contribution in [0.2, 0.25) is 5.02 Å². The number of hydrogen-bond donors (Lipinski definition) is 0.